The SMILES string of the molecule is O=C(NCc1cccc(N2CCCCC2=O)c1)C1CC(=O)N(c2ccc3c(c2)OCO3)C1. The van der Waals surface area contributed by atoms with E-state index in [1.807, 2.05) is 29.2 Å². The minimum Gasteiger partial charge on any atom is -0.454 e. The smallest absolute Gasteiger partial charge is 0.231 e. The highest BCUT2D eigenvalue weighted by Crippen LogP contribution is 2.37. The quantitative estimate of drug-likeness (QED) is 0.780. The number of hydrogen-bond donors (Lipinski definition) is 1. The second-order valence-corrected chi connectivity index (χ2v) is 8.33. The maximum atomic E-state index is 12.8. The third-order valence-electron chi connectivity index (χ3n) is 6.18. The molecule has 0 saturated carbocycles. The van der Waals surface area contributed by atoms with E-state index in [0.29, 0.717) is 36.7 Å². The Bertz CT molecular complexity index is 1070. The zero-order chi connectivity index (χ0) is 22.1. The monoisotopic (exact) mass is 435 g/mol. The van der Waals surface area contributed by atoms with Crippen molar-refractivity contribution in [2.24, 2.45) is 5.92 Å². The van der Waals surface area contributed by atoms with E-state index in [9.17, 15) is 14.4 Å². The minimum absolute atomic E-state index is 0.0883. The Labute approximate surface area is 186 Å². The van der Waals surface area contributed by atoms with Gasteiger partial charge >= 0.3 is 0 Å². The van der Waals surface area contributed by atoms with Crippen LogP contribution in [0.3, 0.4) is 0 Å². The summed E-state index contributed by atoms with van der Waals surface area (Å²) in [5.41, 5.74) is 2.49. The van der Waals surface area contributed by atoms with Crippen LogP contribution in [0.5, 0.6) is 11.5 Å². The van der Waals surface area contributed by atoms with Crippen molar-refractivity contribution < 1.29 is 23.9 Å². The molecule has 0 spiro atoms. The van der Waals surface area contributed by atoms with Gasteiger partial charge in [0, 0.05) is 49.9 Å². The molecule has 2 aromatic carbocycles. The Morgan fingerprint density at radius 2 is 1.81 bits per heavy atom. The molecule has 2 fully saturated rings. The summed E-state index contributed by atoms with van der Waals surface area (Å²) in [7, 11) is 0. The van der Waals surface area contributed by atoms with E-state index in [2.05, 4.69) is 5.32 Å². The van der Waals surface area contributed by atoms with Crippen molar-refractivity contribution in [2.75, 3.05) is 29.7 Å². The molecule has 3 amide bonds. The molecule has 32 heavy (non-hydrogen) atoms. The van der Waals surface area contributed by atoms with Crippen LogP contribution < -0.4 is 24.6 Å². The number of carbonyl (C=O) groups excluding carboxylic acids is 3. The molecule has 2 aromatic rings. The molecule has 0 aliphatic carbocycles. The van der Waals surface area contributed by atoms with E-state index in [1.54, 1.807) is 23.1 Å². The molecule has 0 radical (unpaired) electrons. The van der Waals surface area contributed by atoms with Crippen molar-refractivity contribution in [2.45, 2.75) is 32.2 Å². The topological polar surface area (TPSA) is 88.2 Å². The third-order valence-corrected chi connectivity index (χ3v) is 6.18. The van der Waals surface area contributed by atoms with Crippen LogP contribution in [0.1, 0.15) is 31.2 Å². The van der Waals surface area contributed by atoms with Gasteiger partial charge in [-0.1, -0.05) is 12.1 Å². The van der Waals surface area contributed by atoms with Gasteiger partial charge in [-0.2, -0.15) is 0 Å². The summed E-state index contributed by atoms with van der Waals surface area (Å²) in [5, 5.41) is 2.95. The van der Waals surface area contributed by atoms with Gasteiger partial charge in [0.05, 0.1) is 5.92 Å². The summed E-state index contributed by atoms with van der Waals surface area (Å²) in [5.74, 6) is 0.749. The van der Waals surface area contributed by atoms with Gasteiger partial charge in [0.15, 0.2) is 11.5 Å². The van der Waals surface area contributed by atoms with Crippen molar-refractivity contribution in [3.8, 4) is 11.5 Å². The number of hydrogen-bond acceptors (Lipinski definition) is 5. The van der Waals surface area contributed by atoms with Crippen LogP contribution in [-0.2, 0) is 20.9 Å². The van der Waals surface area contributed by atoms with E-state index in [1.165, 1.54) is 0 Å². The van der Waals surface area contributed by atoms with Gasteiger partial charge in [-0.05, 0) is 42.7 Å². The molecule has 3 aliphatic heterocycles. The number of nitrogens with one attached hydrogen (secondary N) is 1. The number of anilines is 2. The molecule has 3 aliphatic rings. The average molecular weight is 435 g/mol. The van der Waals surface area contributed by atoms with Gasteiger partial charge < -0.3 is 24.6 Å². The van der Waals surface area contributed by atoms with Gasteiger partial charge in [-0.25, -0.2) is 0 Å². The van der Waals surface area contributed by atoms with Crippen molar-refractivity contribution in [1.82, 2.24) is 5.32 Å². The number of rotatable bonds is 5. The number of amides is 3. The van der Waals surface area contributed by atoms with Crippen LogP contribution in [0, 0.1) is 5.92 Å². The van der Waals surface area contributed by atoms with E-state index in [0.717, 1.165) is 30.6 Å². The minimum atomic E-state index is -0.417. The van der Waals surface area contributed by atoms with Gasteiger partial charge in [0.25, 0.3) is 0 Å². The second-order valence-electron chi connectivity index (χ2n) is 8.33. The Morgan fingerprint density at radius 3 is 2.69 bits per heavy atom. The maximum absolute atomic E-state index is 12.8. The highest BCUT2D eigenvalue weighted by molar-refractivity contribution is 6.00. The molecular formula is C24H25N3O5. The third kappa shape index (κ3) is 4.00. The molecule has 8 heteroatoms. The van der Waals surface area contributed by atoms with Gasteiger partial charge in [-0.15, -0.1) is 0 Å². The summed E-state index contributed by atoms with van der Waals surface area (Å²) in [6.45, 7) is 1.58. The molecule has 8 nitrogen and oxygen atoms in total. The Hall–Kier alpha value is -3.55. The summed E-state index contributed by atoms with van der Waals surface area (Å²) in [4.78, 5) is 40.9. The van der Waals surface area contributed by atoms with E-state index in [4.69, 9.17) is 9.47 Å². The van der Waals surface area contributed by atoms with Crippen LogP contribution >= 0.6 is 0 Å². The molecule has 2 saturated heterocycles. The predicted molar refractivity (Wildman–Crippen MR) is 118 cm³/mol. The zero-order valence-electron chi connectivity index (χ0n) is 17.7. The fourth-order valence-corrected chi connectivity index (χ4v) is 4.43. The lowest BCUT2D eigenvalue weighted by Crippen LogP contribution is -2.35. The van der Waals surface area contributed by atoms with Gasteiger partial charge in [0.1, 0.15) is 0 Å². The van der Waals surface area contributed by atoms with Crippen LogP contribution in [0.4, 0.5) is 11.4 Å². The van der Waals surface area contributed by atoms with Crippen molar-refractivity contribution in [1.29, 1.82) is 0 Å². The summed E-state index contributed by atoms with van der Waals surface area (Å²) < 4.78 is 10.7. The Kier molecular flexibility index (Phi) is 5.43. The van der Waals surface area contributed by atoms with E-state index in [-0.39, 0.29) is 30.9 Å². The molecule has 1 N–H and O–H groups in total. The first-order valence-electron chi connectivity index (χ1n) is 11.0. The van der Waals surface area contributed by atoms with Crippen LogP contribution in [0.2, 0.25) is 0 Å². The van der Waals surface area contributed by atoms with E-state index < -0.39 is 5.92 Å². The number of piperidine rings is 1. The van der Waals surface area contributed by atoms with Crippen molar-refractivity contribution in [3.63, 3.8) is 0 Å². The lowest BCUT2D eigenvalue weighted by Gasteiger charge is -2.27. The number of carbonyl (C=O) groups is 3. The van der Waals surface area contributed by atoms with Crippen LogP contribution in [-0.4, -0.2) is 37.6 Å². The van der Waals surface area contributed by atoms with E-state index >= 15 is 0 Å². The van der Waals surface area contributed by atoms with Crippen LogP contribution in [0.15, 0.2) is 42.5 Å². The van der Waals surface area contributed by atoms with Crippen molar-refractivity contribution in [3.05, 3.63) is 48.0 Å². The molecule has 0 aromatic heterocycles. The summed E-state index contributed by atoms with van der Waals surface area (Å²) >= 11 is 0. The molecule has 0 bridgehead atoms. The van der Waals surface area contributed by atoms with Gasteiger partial charge in [-0.3, -0.25) is 14.4 Å². The normalized spacial score (nSPS) is 20.1. The number of nitrogens with zero attached hydrogens (tertiary/aromatic N) is 2. The van der Waals surface area contributed by atoms with Crippen molar-refractivity contribution >= 4 is 29.1 Å². The standard InChI is InChI=1S/C24H25N3O5/c28-22-6-1-2-9-26(22)18-5-3-4-16(10-18)13-25-24(30)17-11-23(29)27(14-17)19-7-8-20-21(12-19)32-15-31-20/h3-5,7-8,10,12,17H,1-2,6,9,11,13-15H2,(H,25,30). The molecule has 5 rings (SSSR count). The second kappa shape index (κ2) is 8.53. The number of fused-ring (bicyclic) bond motifs is 1. The number of ether oxygens (including phenoxy) is 2. The zero-order valence-corrected chi connectivity index (χ0v) is 17.7. The number of benzene rings is 2. The Balaban J connectivity index is 1.20. The predicted octanol–water partition coefficient (Wildman–Crippen LogP) is 2.60. The molecule has 1 unspecified atom stereocenters. The first kappa shape index (κ1) is 20.4. The van der Waals surface area contributed by atoms with Gasteiger partial charge in [0.2, 0.25) is 24.5 Å². The Morgan fingerprint density at radius 1 is 0.969 bits per heavy atom. The summed E-state index contributed by atoms with van der Waals surface area (Å²) in [6, 6.07) is 13.1. The average Bonchev–Trinajstić information content (AvgIpc) is 3.44. The lowest BCUT2D eigenvalue weighted by molar-refractivity contribution is -0.126. The highest BCUT2D eigenvalue weighted by atomic mass is 16.7. The fourth-order valence-electron chi connectivity index (χ4n) is 4.43. The molecule has 1 atom stereocenters. The first-order valence-corrected chi connectivity index (χ1v) is 11.0. The fraction of sp³-hybridized carbons (Fsp3) is 0.375. The molecule has 3 heterocycles. The summed E-state index contributed by atoms with van der Waals surface area (Å²) in [6.07, 6.45) is 2.69. The maximum Gasteiger partial charge on any atom is 0.231 e. The van der Waals surface area contributed by atoms with Crippen LogP contribution in [0.25, 0.3) is 0 Å². The largest absolute Gasteiger partial charge is 0.454 e. The first-order chi connectivity index (χ1) is 15.6. The lowest BCUT2D eigenvalue weighted by atomic mass is 10.1. The molecule has 166 valence electrons. The highest BCUT2D eigenvalue weighted by Gasteiger charge is 2.35. The molecular weight excluding hydrogens is 410 g/mol.